The van der Waals surface area contributed by atoms with E-state index in [4.69, 9.17) is 20.4 Å². The van der Waals surface area contributed by atoms with E-state index >= 15 is 0 Å². The maximum Gasteiger partial charge on any atom is 0.335 e. The van der Waals surface area contributed by atoms with Crippen molar-refractivity contribution in [1.29, 1.82) is 0 Å². The highest BCUT2D eigenvalue weighted by Gasteiger charge is 2.33. The number of carboxylic acid groups (broad SMARTS) is 2. The van der Waals surface area contributed by atoms with Crippen molar-refractivity contribution >= 4 is 11.9 Å². The molecule has 0 aliphatic heterocycles. The smallest absolute Gasteiger partial charge is 0.335 e. The number of hydrogen-bond acceptors (Lipinski definition) is 4. The van der Waals surface area contributed by atoms with Gasteiger partial charge in [-0.1, -0.05) is 27.7 Å². The van der Waals surface area contributed by atoms with Crippen LogP contribution in [-0.4, -0.2) is 44.1 Å². The molecule has 0 saturated heterocycles. The highest BCUT2D eigenvalue weighted by molar-refractivity contribution is 5.76. The van der Waals surface area contributed by atoms with E-state index in [1.165, 1.54) is 6.92 Å². The van der Waals surface area contributed by atoms with Crippen LogP contribution < -0.4 is 0 Å². The second kappa shape index (κ2) is 7.24. The van der Waals surface area contributed by atoms with Crippen LogP contribution in [0.3, 0.4) is 0 Å². The Morgan fingerprint density at radius 3 is 1.41 bits per heavy atom. The molecule has 2 unspecified atom stereocenters. The van der Waals surface area contributed by atoms with Crippen LogP contribution >= 0.6 is 0 Å². The second-order valence-electron chi connectivity index (χ2n) is 4.63. The molecule has 102 valence electrons. The molecule has 4 N–H and O–H groups in total. The van der Waals surface area contributed by atoms with Crippen LogP contribution in [0, 0.1) is 11.8 Å². The van der Waals surface area contributed by atoms with E-state index in [1.807, 2.05) is 0 Å². The molecule has 0 amide bonds. The fourth-order valence-corrected chi connectivity index (χ4v) is 0.532. The zero-order valence-corrected chi connectivity index (χ0v) is 10.8. The van der Waals surface area contributed by atoms with Crippen LogP contribution in [-0.2, 0) is 9.59 Å². The van der Waals surface area contributed by atoms with Crippen molar-refractivity contribution in [1.82, 2.24) is 0 Å². The minimum Gasteiger partial charge on any atom is -0.479 e. The summed E-state index contributed by atoms with van der Waals surface area (Å²) in [5.41, 5.74) is -1.58. The van der Waals surface area contributed by atoms with Gasteiger partial charge in [-0.05, 0) is 18.8 Å². The number of aliphatic carboxylic acids is 2. The molecule has 0 fully saturated rings. The van der Waals surface area contributed by atoms with Crippen LogP contribution in [0.1, 0.15) is 34.6 Å². The molecule has 0 saturated carbocycles. The Kier molecular flexibility index (Phi) is 7.76. The lowest BCUT2D eigenvalue weighted by Gasteiger charge is -2.21. The average molecular weight is 250 g/mol. The Labute approximate surface area is 101 Å². The monoisotopic (exact) mass is 250 g/mol. The third kappa shape index (κ3) is 6.91. The summed E-state index contributed by atoms with van der Waals surface area (Å²) in [6, 6.07) is 0. The van der Waals surface area contributed by atoms with Gasteiger partial charge in [-0.25, -0.2) is 9.59 Å². The Morgan fingerprint density at radius 1 is 1.06 bits per heavy atom. The van der Waals surface area contributed by atoms with E-state index in [0.29, 0.717) is 0 Å². The summed E-state index contributed by atoms with van der Waals surface area (Å²) in [6.45, 7) is 7.92. The molecular formula is C11H22O6. The van der Waals surface area contributed by atoms with E-state index in [2.05, 4.69) is 0 Å². The van der Waals surface area contributed by atoms with Crippen LogP contribution in [0.25, 0.3) is 0 Å². The molecule has 17 heavy (non-hydrogen) atoms. The first-order valence-corrected chi connectivity index (χ1v) is 5.31. The SMILES string of the molecule is CC(C)C(C)(O)C(=O)O.CC(C)C(O)C(=O)O. The average Bonchev–Trinajstić information content (AvgIpc) is 2.16. The zero-order valence-electron chi connectivity index (χ0n) is 10.8. The highest BCUT2D eigenvalue weighted by Crippen LogP contribution is 2.15. The fraction of sp³-hybridized carbons (Fsp3) is 0.818. The Hall–Kier alpha value is -1.14. The second-order valence-corrected chi connectivity index (χ2v) is 4.63. The summed E-state index contributed by atoms with van der Waals surface area (Å²) >= 11 is 0. The highest BCUT2D eigenvalue weighted by atomic mass is 16.4. The van der Waals surface area contributed by atoms with Gasteiger partial charge in [-0.2, -0.15) is 0 Å². The Morgan fingerprint density at radius 2 is 1.41 bits per heavy atom. The lowest BCUT2D eigenvalue weighted by molar-refractivity contribution is -0.161. The zero-order chi connectivity index (χ0) is 14.4. The van der Waals surface area contributed by atoms with Gasteiger partial charge in [0.15, 0.2) is 11.7 Å². The molecule has 2 atom stereocenters. The fourth-order valence-electron chi connectivity index (χ4n) is 0.532. The van der Waals surface area contributed by atoms with E-state index in [1.54, 1.807) is 27.7 Å². The molecule has 6 heteroatoms. The van der Waals surface area contributed by atoms with Gasteiger partial charge >= 0.3 is 11.9 Å². The third-order valence-corrected chi connectivity index (χ3v) is 2.44. The van der Waals surface area contributed by atoms with E-state index < -0.39 is 23.6 Å². The molecule has 0 aromatic heterocycles. The summed E-state index contributed by atoms with van der Waals surface area (Å²) in [7, 11) is 0. The lowest BCUT2D eigenvalue weighted by atomic mass is 9.93. The molecule has 0 aliphatic rings. The van der Waals surface area contributed by atoms with Gasteiger partial charge in [0.2, 0.25) is 0 Å². The maximum atomic E-state index is 10.2. The topological polar surface area (TPSA) is 115 Å². The van der Waals surface area contributed by atoms with Crippen molar-refractivity contribution in [2.45, 2.75) is 46.3 Å². The van der Waals surface area contributed by atoms with Gasteiger partial charge in [0.1, 0.15) is 0 Å². The van der Waals surface area contributed by atoms with Crippen molar-refractivity contribution in [3.05, 3.63) is 0 Å². The largest absolute Gasteiger partial charge is 0.479 e. The van der Waals surface area contributed by atoms with Crippen molar-refractivity contribution in [3.8, 4) is 0 Å². The van der Waals surface area contributed by atoms with Crippen LogP contribution in [0.15, 0.2) is 0 Å². The number of hydrogen-bond donors (Lipinski definition) is 4. The molecule has 0 rings (SSSR count). The minimum atomic E-state index is -1.58. The van der Waals surface area contributed by atoms with E-state index in [9.17, 15) is 9.59 Å². The maximum absolute atomic E-state index is 10.2. The molecule has 0 radical (unpaired) electrons. The minimum absolute atomic E-state index is 0.201. The predicted molar refractivity (Wildman–Crippen MR) is 61.6 cm³/mol. The molecule has 0 aliphatic carbocycles. The van der Waals surface area contributed by atoms with Gasteiger partial charge in [-0.15, -0.1) is 0 Å². The summed E-state index contributed by atoms with van der Waals surface area (Å²) < 4.78 is 0. The van der Waals surface area contributed by atoms with Gasteiger partial charge < -0.3 is 20.4 Å². The quantitative estimate of drug-likeness (QED) is 0.579. The predicted octanol–water partition coefficient (Wildman–Crippen LogP) is 0.566. The number of carbonyl (C=O) groups is 2. The Balaban J connectivity index is 0. The van der Waals surface area contributed by atoms with Crippen molar-refractivity contribution in [2.75, 3.05) is 0 Å². The van der Waals surface area contributed by atoms with Gasteiger partial charge in [0.05, 0.1) is 0 Å². The Bertz CT molecular complexity index is 257. The summed E-state index contributed by atoms with van der Waals surface area (Å²) in [5, 5.41) is 34.1. The third-order valence-electron chi connectivity index (χ3n) is 2.44. The van der Waals surface area contributed by atoms with Gasteiger partial charge in [0, 0.05) is 0 Å². The molecule has 6 nitrogen and oxygen atoms in total. The summed E-state index contributed by atoms with van der Waals surface area (Å²) in [4.78, 5) is 20.1. The lowest BCUT2D eigenvalue weighted by Crippen LogP contribution is -2.40. The molecule has 0 heterocycles. The van der Waals surface area contributed by atoms with Crippen molar-refractivity contribution in [3.63, 3.8) is 0 Å². The van der Waals surface area contributed by atoms with Crippen LogP contribution in [0.4, 0.5) is 0 Å². The summed E-state index contributed by atoms with van der Waals surface area (Å²) in [6.07, 6.45) is -1.21. The van der Waals surface area contributed by atoms with Gasteiger partial charge in [0.25, 0.3) is 0 Å². The first-order valence-electron chi connectivity index (χ1n) is 5.31. The van der Waals surface area contributed by atoms with Gasteiger partial charge in [-0.3, -0.25) is 0 Å². The van der Waals surface area contributed by atoms with E-state index in [-0.39, 0.29) is 11.8 Å². The van der Waals surface area contributed by atoms with E-state index in [0.717, 1.165) is 0 Å². The standard InChI is InChI=1S/C6H12O3.C5H10O3/c1-4(2)6(3,9)5(7)8;1-3(2)4(6)5(7)8/h4,9H,1-3H3,(H,7,8);3-4,6H,1-2H3,(H,7,8). The van der Waals surface area contributed by atoms with Crippen molar-refractivity contribution in [2.24, 2.45) is 11.8 Å². The summed E-state index contributed by atoms with van der Waals surface area (Å²) in [5.74, 6) is -2.78. The molecule has 0 spiro atoms. The van der Waals surface area contributed by atoms with Crippen LogP contribution in [0.5, 0.6) is 0 Å². The number of aliphatic hydroxyl groups is 2. The number of carboxylic acids is 2. The number of rotatable bonds is 4. The molecular weight excluding hydrogens is 228 g/mol. The molecule has 0 aromatic rings. The normalized spacial score (nSPS) is 15.8. The van der Waals surface area contributed by atoms with Crippen molar-refractivity contribution < 1.29 is 30.0 Å². The first kappa shape index (κ1) is 18.2. The van der Waals surface area contributed by atoms with Crippen LogP contribution in [0.2, 0.25) is 0 Å². The molecule has 0 aromatic carbocycles. The first-order chi connectivity index (χ1) is 7.44. The molecule has 0 bridgehead atoms. The number of aliphatic hydroxyl groups excluding tert-OH is 1.